The number of amides is 1. The van der Waals surface area contributed by atoms with E-state index in [1.807, 2.05) is 13.0 Å². The molecule has 0 radical (unpaired) electrons. The minimum absolute atomic E-state index is 0.0859. The second kappa shape index (κ2) is 8.56. The quantitative estimate of drug-likeness (QED) is 0.859. The van der Waals surface area contributed by atoms with Crippen molar-refractivity contribution in [2.45, 2.75) is 57.6 Å². The lowest BCUT2D eigenvalue weighted by molar-refractivity contribution is 0.0750. The van der Waals surface area contributed by atoms with Crippen molar-refractivity contribution in [2.75, 3.05) is 26.7 Å². The van der Waals surface area contributed by atoms with Gasteiger partial charge >= 0.3 is 0 Å². The molecule has 1 heterocycles. The van der Waals surface area contributed by atoms with Crippen LogP contribution in [-0.2, 0) is 0 Å². The normalized spacial score (nSPS) is 19.8. The third-order valence-electron chi connectivity index (χ3n) is 5.37. The Bertz CT molecular complexity index is 576. The molecule has 0 spiro atoms. The van der Waals surface area contributed by atoms with E-state index in [2.05, 4.69) is 10.2 Å². The maximum Gasteiger partial charge on any atom is 0.251 e. The number of carbonyl (C=O) groups excluding carboxylic acids is 1. The summed E-state index contributed by atoms with van der Waals surface area (Å²) in [6, 6.07) is 6.21. The van der Waals surface area contributed by atoms with E-state index in [-0.39, 0.29) is 12.0 Å². The van der Waals surface area contributed by atoms with Crippen LogP contribution in [0.1, 0.15) is 55.8 Å². The molecule has 0 bridgehead atoms. The first-order valence-corrected chi connectivity index (χ1v) is 9.58. The Kier molecular flexibility index (Phi) is 6.19. The number of hydrogen-bond donors (Lipinski definition) is 1. The number of nitrogens with one attached hydrogen (secondary N) is 1. The summed E-state index contributed by atoms with van der Waals surface area (Å²) in [6.45, 7) is 4.76. The fourth-order valence-electron chi connectivity index (χ4n) is 3.98. The van der Waals surface area contributed by atoms with Crippen LogP contribution < -0.4 is 14.8 Å². The summed E-state index contributed by atoms with van der Waals surface area (Å²) in [5.41, 5.74) is 0.599. The Morgan fingerprint density at radius 1 is 1.16 bits per heavy atom. The zero-order valence-corrected chi connectivity index (χ0v) is 15.4. The predicted molar refractivity (Wildman–Crippen MR) is 98.5 cm³/mol. The minimum atomic E-state index is -0.0859. The summed E-state index contributed by atoms with van der Waals surface area (Å²) >= 11 is 0. The first-order chi connectivity index (χ1) is 12.2. The van der Waals surface area contributed by atoms with Crippen LogP contribution in [0, 0.1) is 0 Å². The Morgan fingerprint density at radius 3 is 2.52 bits per heavy atom. The van der Waals surface area contributed by atoms with Crippen molar-refractivity contribution in [3.05, 3.63) is 23.8 Å². The van der Waals surface area contributed by atoms with E-state index >= 15 is 0 Å². The van der Waals surface area contributed by atoms with E-state index in [9.17, 15) is 4.79 Å². The van der Waals surface area contributed by atoms with Crippen molar-refractivity contribution in [3.8, 4) is 11.5 Å². The van der Waals surface area contributed by atoms with Crippen molar-refractivity contribution < 1.29 is 14.3 Å². The summed E-state index contributed by atoms with van der Waals surface area (Å²) in [5, 5.41) is 2.80. The van der Waals surface area contributed by atoms with Crippen molar-refractivity contribution >= 4 is 5.91 Å². The molecular weight excluding hydrogens is 316 g/mol. The smallest absolute Gasteiger partial charge is 0.251 e. The lowest BCUT2D eigenvalue weighted by atomic mass is 10.0. The second-order valence-corrected chi connectivity index (χ2v) is 7.02. The van der Waals surface area contributed by atoms with Gasteiger partial charge in [-0.2, -0.15) is 0 Å². The molecule has 1 aromatic carbocycles. The summed E-state index contributed by atoms with van der Waals surface area (Å²) in [4.78, 5) is 14.6. The van der Waals surface area contributed by atoms with Crippen LogP contribution in [0.15, 0.2) is 18.2 Å². The van der Waals surface area contributed by atoms with Gasteiger partial charge in [-0.15, -0.1) is 0 Å². The number of rotatable bonds is 6. The molecule has 5 nitrogen and oxygen atoms in total. The Labute approximate surface area is 150 Å². The lowest BCUT2D eigenvalue weighted by Gasteiger charge is -2.36. The Balaban J connectivity index is 1.58. The zero-order valence-electron chi connectivity index (χ0n) is 15.4. The van der Waals surface area contributed by atoms with E-state index in [1.54, 1.807) is 19.2 Å². The molecule has 1 aliphatic heterocycles. The number of benzene rings is 1. The van der Waals surface area contributed by atoms with Gasteiger partial charge in [0.2, 0.25) is 0 Å². The van der Waals surface area contributed by atoms with Crippen LogP contribution in [-0.4, -0.2) is 49.7 Å². The zero-order chi connectivity index (χ0) is 17.6. The van der Waals surface area contributed by atoms with Gasteiger partial charge in [0.25, 0.3) is 5.91 Å². The maximum absolute atomic E-state index is 12.0. The van der Waals surface area contributed by atoms with E-state index < -0.39 is 0 Å². The average molecular weight is 346 g/mol. The highest BCUT2D eigenvalue weighted by Crippen LogP contribution is 2.32. The number of carbonyl (C=O) groups is 1. The topological polar surface area (TPSA) is 50.8 Å². The van der Waals surface area contributed by atoms with Crippen molar-refractivity contribution in [1.29, 1.82) is 0 Å². The van der Waals surface area contributed by atoms with Gasteiger partial charge in [0.15, 0.2) is 11.5 Å². The van der Waals surface area contributed by atoms with Crippen LogP contribution in [0.3, 0.4) is 0 Å². The fraction of sp³-hybridized carbons (Fsp3) is 0.650. The van der Waals surface area contributed by atoms with Gasteiger partial charge < -0.3 is 19.7 Å². The molecule has 2 aliphatic rings. The summed E-state index contributed by atoms with van der Waals surface area (Å²) in [5.74, 6) is 1.27. The molecule has 138 valence electrons. The van der Waals surface area contributed by atoms with Gasteiger partial charge in [-0.3, -0.25) is 4.79 Å². The van der Waals surface area contributed by atoms with Gasteiger partial charge in [-0.25, -0.2) is 0 Å². The van der Waals surface area contributed by atoms with Crippen LogP contribution in [0.4, 0.5) is 0 Å². The molecule has 3 rings (SSSR count). The van der Waals surface area contributed by atoms with Crippen molar-refractivity contribution in [1.82, 2.24) is 10.2 Å². The maximum atomic E-state index is 12.0. The number of hydrogen-bond acceptors (Lipinski definition) is 4. The van der Waals surface area contributed by atoms with Gasteiger partial charge in [0.1, 0.15) is 6.10 Å². The highest BCUT2D eigenvalue weighted by atomic mass is 16.5. The number of ether oxygens (including phenoxy) is 2. The molecular formula is C20H30N2O3. The number of piperidine rings is 1. The third-order valence-corrected chi connectivity index (χ3v) is 5.37. The number of likely N-dealkylation sites (tertiary alicyclic amines) is 1. The first kappa shape index (κ1) is 18.1. The molecule has 2 fully saturated rings. The van der Waals surface area contributed by atoms with Crippen LogP contribution in [0.5, 0.6) is 11.5 Å². The monoisotopic (exact) mass is 346 g/mol. The standard InChI is InChI=1S/C20H30N2O3/c1-3-21-20(23)15-8-9-18(19(14-15)24-2)25-17-10-12-22(13-11-17)16-6-4-5-7-16/h8-9,14,16-17H,3-7,10-13H2,1-2H3,(H,21,23). The Hall–Kier alpha value is -1.75. The highest BCUT2D eigenvalue weighted by molar-refractivity contribution is 5.94. The van der Waals surface area contributed by atoms with E-state index in [0.29, 0.717) is 17.9 Å². The minimum Gasteiger partial charge on any atom is -0.493 e. The molecule has 1 amide bonds. The van der Waals surface area contributed by atoms with Gasteiger partial charge in [-0.1, -0.05) is 12.8 Å². The molecule has 0 atom stereocenters. The SMILES string of the molecule is CCNC(=O)c1ccc(OC2CCN(C3CCCC3)CC2)c(OC)c1. The fourth-order valence-corrected chi connectivity index (χ4v) is 3.98. The molecule has 1 aliphatic carbocycles. The molecule has 1 saturated heterocycles. The number of nitrogens with zero attached hydrogens (tertiary/aromatic N) is 1. The molecule has 1 aromatic rings. The largest absolute Gasteiger partial charge is 0.493 e. The van der Waals surface area contributed by atoms with Gasteiger partial charge in [0.05, 0.1) is 7.11 Å². The third kappa shape index (κ3) is 4.46. The van der Waals surface area contributed by atoms with Crippen LogP contribution >= 0.6 is 0 Å². The Morgan fingerprint density at radius 2 is 1.88 bits per heavy atom. The second-order valence-electron chi connectivity index (χ2n) is 7.02. The van der Waals surface area contributed by atoms with E-state index in [1.165, 1.54) is 25.7 Å². The van der Waals surface area contributed by atoms with Crippen molar-refractivity contribution in [2.24, 2.45) is 0 Å². The summed E-state index contributed by atoms with van der Waals surface area (Å²) in [7, 11) is 1.62. The van der Waals surface area contributed by atoms with Crippen molar-refractivity contribution in [3.63, 3.8) is 0 Å². The molecule has 1 N–H and O–H groups in total. The average Bonchev–Trinajstić information content (AvgIpc) is 3.17. The van der Waals surface area contributed by atoms with Crippen LogP contribution in [0.25, 0.3) is 0 Å². The predicted octanol–water partition coefficient (Wildman–Crippen LogP) is 3.23. The molecule has 1 saturated carbocycles. The van der Waals surface area contributed by atoms with E-state index in [4.69, 9.17) is 9.47 Å². The lowest BCUT2D eigenvalue weighted by Crippen LogP contribution is -2.43. The first-order valence-electron chi connectivity index (χ1n) is 9.58. The highest BCUT2D eigenvalue weighted by Gasteiger charge is 2.28. The molecule has 0 aromatic heterocycles. The molecule has 5 heteroatoms. The molecule has 0 unspecified atom stereocenters. The molecule has 25 heavy (non-hydrogen) atoms. The summed E-state index contributed by atoms with van der Waals surface area (Å²) in [6.07, 6.45) is 7.82. The van der Waals surface area contributed by atoms with Gasteiger partial charge in [0, 0.05) is 31.2 Å². The number of methoxy groups -OCH3 is 1. The van der Waals surface area contributed by atoms with Gasteiger partial charge in [-0.05, 0) is 50.8 Å². The van der Waals surface area contributed by atoms with E-state index in [0.717, 1.165) is 37.7 Å². The summed E-state index contributed by atoms with van der Waals surface area (Å²) < 4.78 is 11.6. The van der Waals surface area contributed by atoms with Crippen LogP contribution in [0.2, 0.25) is 0 Å².